The molecule has 0 fully saturated rings. The van der Waals surface area contributed by atoms with Gasteiger partial charge < -0.3 is 19.9 Å². The quantitative estimate of drug-likeness (QED) is 0.550. The fourth-order valence-corrected chi connectivity index (χ4v) is 3.58. The molecule has 3 aromatic rings. The van der Waals surface area contributed by atoms with Crippen LogP contribution in [0.4, 0.5) is 13.2 Å². The van der Waals surface area contributed by atoms with E-state index in [-0.39, 0.29) is 17.2 Å². The number of carboxylic acids is 1. The number of carbonyl (C=O) groups excluding carboxylic acids is 1. The number of thiophene rings is 1. The number of nitrogens with zero attached hydrogens (tertiary/aromatic N) is 1. The molecule has 1 aromatic carbocycles. The average molecular weight is 454 g/mol. The predicted molar refractivity (Wildman–Crippen MR) is 106 cm³/mol. The van der Waals surface area contributed by atoms with Crippen LogP contribution in [0.3, 0.4) is 0 Å². The maximum absolute atomic E-state index is 12.8. The largest absolute Gasteiger partial charge is 0.574 e. The molecule has 3 rings (SSSR count). The normalized spacial score (nSPS) is 11.9. The van der Waals surface area contributed by atoms with E-state index >= 15 is 0 Å². The molecular formula is C20H17F3N2O5S. The van der Waals surface area contributed by atoms with Crippen LogP contribution < -0.4 is 14.8 Å². The molecule has 2 aromatic heterocycles. The Bertz CT molecular complexity index is 1110. The Morgan fingerprint density at radius 3 is 2.48 bits per heavy atom. The summed E-state index contributed by atoms with van der Waals surface area (Å²) in [5, 5.41) is 12.4. The van der Waals surface area contributed by atoms with Crippen molar-refractivity contribution >= 4 is 33.3 Å². The van der Waals surface area contributed by atoms with Crippen molar-refractivity contribution in [3.63, 3.8) is 0 Å². The minimum absolute atomic E-state index is 0.0807. The van der Waals surface area contributed by atoms with Crippen molar-refractivity contribution < 1.29 is 37.3 Å². The number of hydrogen-bond acceptors (Lipinski definition) is 6. The number of hydrogen-bond donors (Lipinski definition) is 2. The van der Waals surface area contributed by atoms with E-state index in [4.69, 9.17) is 4.74 Å². The molecule has 0 saturated heterocycles. The minimum Gasteiger partial charge on any atom is -0.486 e. The van der Waals surface area contributed by atoms with Gasteiger partial charge in [0.05, 0.1) is 0 Å². The van der Waals surface area contributed by atoms with Gasteiger partial charge in [0.25, 0.3) is 5.91 Å². The summed E-state index contributed by atoms with van der Waals surface area (Å²) in [5.41, 5.74) is -1.05. The van der Waals surface area contributed by atoms with E-state index in [2.05, 4.69) is 15.0 Å². The van der Waals surface area contributed by atoms with Crippen LogP contribution in [-0.4, -0.2) is 33.9 Å². The number of carbonyl (C=O) groups is 2. The second kappa shape index (κ2) is 8.42. The molecule has 2 heterocycles. The summed E-state index contributed by atoms with van der Waals surface area (Å²) in [6, 6.07) is 9.50. The van der Waals surface area contributed by atoms with Crippen LogP contribution in [0.25, 0.3) is 10.1 Å². The zero-order valence-electron chi connectivity index (χ0n) is 16.3. The Balaban J connectivity index is 1.83. The molecule has 0 aliphatic carbocycles. The summed E-state index contributed by atoms with van der Waals surface area (Å²) in [6.45, 7) is 2.64. The highest BCUT2D eigenvalue weighted by Gasteiger charge is 2.32. The predicted octanol–water partition coefficient (Wildman–Crippen LogP) is 4.37. The lowest BCUT2D eigenvalue weighted by atomic mass is 10.1. The number of fused-ring (bicyclic) bond motifs is 1. The Hall–Kier alpha value is -3.34. The highest BCUT2D eigenvalue weighted by atomic mass is 32.1. The number of nitrogens with one attached hydrogen (secondary N) is 1. The topological polar surface area (TPSA) is 97.8 Å². The summed E-state index contributed by atoms with van der Waals surface area (Å²) in [6.07, 6.45) is -3.67. The van der Waals surface area contributed by atoms with Gasteiger partial charge in [-0.15, -0.1) is 24.5 Å². The van der Waals surface area contributed by atoms with Gasteiger partial charge in [-0.05, 0) is 32.0 Å². The maximum Gasteiger partial charge on any atom is 0.574 e. The number of alkyl halides is 3. The fourth-order valence-electron chi connectivity index (χ4n) is 2.54. The summed E-state index contributed by atoms with van der Waals surface area (Å²) in [5.74, 6) is -2.17. The summed E-state index contributed by atoms with van der Waals surface area (Å²) in [7, 11) is 0. The number of aliphatic carboxylic acids is 1. The third-order valence-corrected chi connectivity index (χ3v) is 5.27. The summed E-state index contributed by atoms with van der Waals surface area (Å²) in [4.78, 5) is 27.9. The summed E-state index contributed by atoms with van der Waals surface area (Å²) >= 11 is 1.14. The van der Waals surface area contributed by atoms with Gasteiger partial charge in [0.2, 0.25) is 5.88 Å². The number of pyridine rings is 1. The molecule has 164 valence electrons. The Morgan fingerprint density at radius 1 is 1.16 bits per heavy atom. The van der Waals surface area contributed by atoms with Crippen LogP contribution in [0.2, 0.25) is 0 Å². The molecule has 0 bridgehead atoms. The molecule has 0 aliphatic heterocycles. The van der Waals surface area contributed by atoms with Crippen LogP contribution in [0.5, 0.6) is 11.6 Å². The van der Waals surface area contributed by atoms with E-state index in [1.54, 1.807) is 24.3 Å². The number of amides is 1. The lowest BCUT2D eigenvalue weighted by Gasteiger charge is -2.20. The van der Waals surface area contributed by atoms with Crippen molar-refractivity contribution in [3.05, 3.63) is 53.0 Å². The van der Waals surface area contributed by atoms with E-state index in [0.717, 1.165) is 22.1 Å². The second-order valence-corrected chi connectivity index (χ2v) is 8.03. The molecule has 31 heavy (non-hydrogen) atoms. The zero-order valence-corrected chi connectivity index (χ0v) is 17.1. The molecule has 2 N–H and O–H groups in total. The lowest BCUT2D eigenvalue weighted by molar-refractivity contribution is -0.276. The van der Waals surface area contributed by atoms with Gasteiger partial charge >= 0.3 is 12.3 Å². The highest BCUT2D eigenvalue weighted by molar-refractivity contribution is 7.21. The first-order valence-corrected chi connectivity index (χ1v) is 9.69. The van der Waals surface area contributed by atoms with Crippen LogP contribution in [0.1, 0.15) is 29.1 Å². The number of carboxylic acid groups (broad SMARTS) is 1. The maximum atomic E-state index is 12.8. The molecule has 11 heteroatoms. The third-order valence-electron chi connectivity index (χ3n) is 4.12. The minimum atomic E-state index is -4.84. The number of halogens is 3. The van der Waals surface area contributed by atoms with E-state index in [1.807, 2.05) is 0 Å². The van der Waals surface area contributed by atoms with Gasteiger partial charge in [0.15, 0.2) is 5.75 Å². The van der Waals surface area contributed by atoms with Crippen LogP contribution in [0.15, 0.2) is 42.6 Å². The van der Waals surface area contributed by atoms with Crippen molar-refractivity contribution in [1.29, 1.82) is 0 Å². The molecular weight excluding hydrogens is 437 g/mol. The van der Waals surface area contributed by atoms with Gasteiger partial charge in [0.1, 0.15) is 17.0 Å². The third kappa shape index (κ3) is 5.43. The van der Waals surface area contributed by atoms with E-state index < -0.39 is 29.7 Å². The van der Waals surface area contributed by atoms with Crippen molar-refractivity contribution in [2.45, 2.75) is 32.4 Å². The average Bonchev–Trinajstić information content (AvgIpc) is 3.05. The molecule has 7 nitrogen and oxygen atoms in total. The molecule has 0 spiro atoms. The van der Waals surface area contributed by atoms with Gasteiger partial charge in [-0.2, -0.15) is 0 Å². The smallest absolute Gasteiger partial charge is 0.486 e. The number of rotatable bonds is 7. The SMILES string of the molecule is CC(C)(NC(=O)c1sc2ccccc2c1OCc1ccc(OC(F)(F)F)nc1)C(=O)O. The number of aromatic nitrogens is 1. The van der Waals surface area contributed by atoms with Crippen molar-refractivity contribution in [2.24, 2.45) is 0 Å². The number of benzene rings is 1. The first-order valence-electron chi connectivity index (χ1n) is 8.87. The van der Waals surface area contributed by atoms with Crippen LogP contribution in [-0.2, 0) is 11.4 Å². The summed E-state index contributed by atoms with van der Waals surface area (Å²) < 4.78 is 47.0. The van der Waals surface area contributed by atoms with Crippen LogP contribution in [0, 0.1) is 0 Å². The Kier molecular flexibility index (Phi) is 6.07. The van der Waals surface area contributed by atoms with Gasteiger partial charge in [-0.1, -0.05) is 12.1 Å². The van der Waals surface area contributed by atoms with E-state index in [1.165, 1.54) is 26.1 Å². The first kappa shape index (κ1) is 22.3. The lowest BCUT2D eigenvalue weighted by Crippen LogP contribution is -2.49. The van der Waals surface area contributed by atoms with Gasteiger partial charge in [-0.25, -0.2) is 9.78 Å². The van der Waals surface area contributed by atoms with Crippen molar-refractivity contribution in [2.75, 3.05) is 0 Å². The molecule has 0 atom stereocenters. The molecule has 1 amide bonds. The Labute approximate surface area is 178 Å². The molecule has 0 aliphatic rings. The molecule has 0 radical (unpaired) electrons. The fraction of sp³-hybridized carbons (Fsp3) is 0.250. The standard InChI is InChI=1S/C20H17F3N2O5S/c1-19(2,18(27)28)25-17(26)16-15(12-5-3-4-6-13(12)31-16)29-10-11-7-8-14(24-9-11)30-20(21,22)23/h3-9H,10H2,1-2H3,(H,25,26)(H,27,28). The Morgan fingerprint density at radius 2 is 1.87 bits per heavy atom. The first-order chi connectivity index (χ1) is 14.5. The van der Waals surface area contributed by atoms with Crippen LogP contribution >= 0.6 is 11.3 Å². The van der Waals surface area contributed by atoms with Gasteiger partial charge in [0, 0.05) is 27.9 Å². The highest BCUT2D eigenvalue weighted by Crippen LogP contribution is 2.38. The van der Waals surface area contributed by atoms with E-state index in [0.29, 0.717) is 10.9 Å². The zero-order chi connectivity index (χ0) is 22.8. The van der Waals surface area contributed by atoms with E-state index in [9.17, 15) is 27.9 Å². The molecule has 0 saturated carbocycles. The van der Waals surface area contributed by atoms with Gasteiger partial charge in [-0.3, -0.25) is 4.79 Å². The van der Waals surface area contributed by atoms with Crippen molar-refractivity contribution in [1.82, 2.24) is 10.3 Å². The van der Waals surface area contributed by atoms with Crippen molar-refractivity contribution in [3.8, 4) is 11.6 Å². The molecule has 0 unspecified atom stereocenters. The monoisotopic (exact) mass is 454 g/mol. The number of ether oxygens (including phenoxy) is 2. The second-order valence-electron chi connectivity index (χ2n) is 6.98.